The van der Waals surface area contributed by atoms with Crippen LogP contribution < -0.4 is 15.1 Å². The van der Waals surface area contributed by atoms with Crippen molar-refractivity contribution in [2.45, 2.75) is 6.42 Å². The van der Waals surface area contributed by atoms with Crippen molar-refractivity contribution in [1.29, 1.82) is 0 Å². The second kappa shape index (κ2) is 6.19. The average molecular weight is 240 g/mol. The van der Waals surface area contributed by atoms with Crippen molar-refractivity contribution in [3.8, 4) is 0 Å². The highest BCUT2D eigenvalue weighted by atomic mass is 16.3. The summed E-state index contributed by atoms with van der Waals surface area (Å²) in [6.07, 6.45) is 0.667. The molecule has 1 aromatic rings. The fraction of sp³-hybridized carbons (Fsp3) is 0.700. The molecule has 0 radical (unpaired) electrons. The van der Waals surface area contributed by atoms with Gasteiger partial charge >= 0.3 is 0 Å². The first-order valence-electron chi connectivity index (χ1n) is 5.50. The van der Waals surface area contributed by atoms with Crippen molar-refractivity contribution in [2.24, 2.45) is 0 Å². The van der Waals surface area contributed by atoms with E-state index in [1.54, 1.807) is 0 Å². The van der Waals surface area contributed by atoms with Crippen molar-refractivity contribution in [3.63, 3.8) is 0 Å². The van der Waals surface area contributed by atoms with Crippen LogP contribution in [0.1, 0.15) is 6.42 Å². The van der Waals surface area contributed by atoms with E-state index < -0.39 is 0 Å². The lowest BCUT2D eigenvalue weighted by molar-refractivity contribution is 0.292. The van der Waals surface area contributed by atoms with Crippen LogP contribution in [0.2, 0.25) is 0 Å². The van der Waals surface area contributed by atoms with E-state index in [2.05, 4.69) is 20.3 Å². The molecule has 2 N–H and O–H groups in total. The molecular formula is C10H20N6O. The molecule has 0 aromatic carbocycles. The molecule has 1 aromatic heterocycles. The number of nitrogens with zero attached hydrogens (tertiary/aromatic N) is 5. The summed E-state index contributed by atoms with van der Waals surface area (Å²) in [6.45, 7) is 0.791. The molecule has 0 bridgehead atoms. The molecule has 96 valence electrons. The number of nitrogens with one attached hydrogen (secondary N) is 1. The maximum atomic E-state index is 8.72. The zero-order valence-corrected chi connectivity index (χ0v) is 10.8. The average Bonchev–Trinajstić information content (AvgIpc) is 2.29. The van der Waals surface area contributed by atoms with Crippen molar-refractivity contribution in [2.75, 3.05) is 56.5 Å². The van der Waals surface area contributed by atoms with E-state index in [4.69, 9.17) is 5.11 Å². The Kier molecular flexibility index (Phi) is 4.89. The molecule has 0 fully saturated rings. The van der Waals surface area contributed by atoms with Crippen molar-refractivity contribution in [3.05, 3.63) is 0 Å². The summed E-state index contributed by atoms with van der Waals surface area (Å²) in [5.41, 5.74) is 0. The van der Waals surface area contributed by atoms with Crippen LogP contribution >= 0.6 is 0 Å². The molecule has 0 aliphatic heterocycles. The quantitative estimate of drug-likeness (QED) is 0.667. The number of aliphatic hydroxyl groups excluding tert-OH is 1. The maximum absolute atomic E-state index is 8.72. The maximum Gasteiger partial charge on any atom is 0.231 e. The minimum atomic E-state index is 0.152. The molecule has 0 aliphatic carbocycles. The van der Waals surface area contributed by atoms with Gasteiger partial charge < -0.3 is 20.2 Å². The molecule has 0 amide bonds. The second-order valence-electron chi connectivity index (χ2n) is 4.05. The van der Waals surface area contributed by atoms with Gasteiger partial charge in [-0.05, 0) is 6.42 Å². The third kappa shape index (κ3) is 4.03. The summed E-state index contributed by atoms with van der Waals surface area (Å²) < 4.78 is 0. The summed E-state index contributed by atoms with van der Waals surface area (Å²) in [6, 6.07) is 0. The normalized spacial score (nSPS) is 10.2. The third-order valence-electron chi connectivity index (χ3n) is 2.03. The zero-order valence-electron chi connectivity index (χ0n) is 10.8. The Balaban J connectivity index is 2.88. The second-order valence-corrected chi connectivity index (χ2v) is 4.05. The van der Waals surface area contributed by atoms with Crippen LogP contribution in [0.5, 0.6) is 0 Å². The van der Waals surface area contributed by atoms with Gasteiger partial charge in [0.05, 0.1) is 0 Å². The lowest BCUT2D eigenvalue weighted by Gasteiger charge is -2.16. The van der Waals surface area contributed by atoms with Gasteiger partial charge in [-0.1, -0.05) is 0 Å². The molecule has 17 heavy (non-hydrogen) atoms. The number of aliphatic hydroxyl groups is 1. The van der Waals surface area contributed by atoms with Crippen LogP contribution in [-0.2, 0) is 0 Å². The predicted octanol–water partition coefficient (Wildman–Crippen LogP) is -0.202. The van der Waals surface area contributed by atoms with Crippen molar-refractivity contribution in [1.82, 2.24) is 15.0 Å². The standard InChI is InChI=1S/C10H20N6O/c1-15(2)9-12-8(11-6-5-7-17)13-10(14-9)16(3)4/h17H,5-7H2,1-4H3,(H,11,12,13,14). The lowest BCUT2D eigenvalue weighted by atomic mass is 10.4. The van der Waals surface area contributed by atoms with Crippen LogP contribution in [0.15, 0.2) is 0 Å². The van der Waals surface area contributed by atoms with E-state index in [1.807, 2.05) is 38.0 Å². The molecule has 7 heteroatoms. The van der Waals surface area contributed by atoms with E-state index >= 15 is 0 Å². The first kappa shape index (κ1) is 13.4. The Bertz CT molecular complexity index is 328. The number of rotatable bonds is 6. The minimum Gasteiger partial charge on any atom is -0.396 e. The summed E-state index contributed by atoms with van der Waals surface area (Å²) in [4.78, 5) is 16.5. The Morgan fingerprint density at radius 3 is 1.94 bits per heavy atom. The molecule has 1 heterocycles. The van der Waals surface area contributed by atoms with Gasteiger partial charge in [0.25, 0.3) is 0 Å². The largest absolute Gasteiger partial charge is 0.396 e. The molecule has 0 unspecified atom stereocenters. The monoisotopic (exact) mass is 240 g/mol. The van der Waals surface area contributed by atoms with Crippen molar-refractivity contribution < 1.29 is 5.11 Å². The molecule has 0 saturated carbocycles. The van der Waals surface area contributed by atoms with Gasteiger partial charge in [-0.15, -0.1) is 0 Å². The molecule has 0 saturated heterocycles. The summed E-state index contributed by atoms with van der Waals surface area (Å²) in [7, 11) is 7.52. The number of anilines is 3. The Morgan fingerprint density at radius 2 is 1.53 bits per heavy atom. The molecular weight excluding hydrogens is 220 g/mol. The fourth-order valence-electron chi connectivity index (χ4n) is 1.11. The van der Waals surface area contributed by atoms with Crippen LogP contribution in [-0.4, -0.2) is 61.4 Å². The fourth-order valence-corrected chi connectivity index (χ4v) is 1.11. The summed E-state index contributed by atoms with van der Waals surface area (Å²) in [5, 5.41) is 11.8. The van der Waals surface area contributed by atoms with Gasteiger partial charge in [-0.2, -0.15) is 15.0 Å². The van der Waals surface area contributed by atoms with Gasteiger partial charge in [0.15, 0.2) is 0 Å². The Labute approximate surface area is 102 Å². The van der Waals surface area contributed by atoms with Crippen molar-refractivity contribution >= 4 is 17.8 Å². The number of aromatic nitrogens is 3. The molecule has 0 spiro atoms. The first-order chi connectivity index (χ1) is 8.04. The summed E-state index contributed by atoms with van der Waals surface area (Å²) in [5.74, 6) is 1.74. The minimum absolute atomic E-state index is 0.152. The Morgan fingerprint density at radius 1 is 1.00 bits per heavy atom. The topological polar surface area (TPSA) is 77.4 Å². The Hall–Kier alpha value is -1.63. The van der Waals surface area contributed by atoms with E-state index in [0.717, 1.165) is 0 Å². The molecule has 1 rings (SSSR count). The van der Waals surface area contributed by atoms with Gasteiger partial charge in [-0.25, -0.2) is 0 Å². The van der Waals surface area contributed by atoms with Gasteiger partial charge in [0.2, 0.25) is 17.8 Å². The predicted molar refractivity (Wildman–Crippen MR) is 68.7 cm³/mol. The highest BCUT2D eigenvalue weighted by Crippen LogP contribution is 2.12. The highest BCUT2D eigenvalue weighted by molar-refractivity contribution is 5.43. The van der Waals surface area contributed by atoms with Crippen LogP contribution in [0.4, 0.5) is 17.8 Å². The molecule has 7 nitrogen and oxygen atoms in total. The van der Waals surface area contributed by atoms with E-state index in [0.29, 0.717) is 30.8 Å². The van der Waals surface area contributed by atoms with E-state index in [-0.39, 0.29) is 6.61 Å². The van der Waals surface area contributed by atoms with Crippen LogP contribution in [0.3, 0.4) is 0 Å². The van der Waals surface area contributed by atoms with Crippen LogP contribution in [0.25, 0.3) is 0 Å². The third-order valence-corrected chi connectivity index (χ3v) is 2.03. The summed E-state index contributed by atoms with van der Waals surface area (Å²) >= 11 is 0. The lowest BCUT2D eigenvalue weighted by Crippen LogP contribution is -2.20. The first-order valence-corrected chi connectivity index (χ1v) is 5.50. The highest BCUT2D eigenvalue weighted by Gasteiger charge is 2.08. The SMILES string of the molecule is CN(C)c1nc(NCCCO)nc(N(C)C)n1. The molecule has 0 aliphatic rings. The zero-order chi connectivity index (χ0) is 12.8. The van der Waals surface area contributed by atoms with Crippen LogP contribution in [0, 0.1) is 0 Å². The number of hydrogen-bond donors (Lipinski definition) is 2. The van der Waals surface area contributed by atoms with Gasteiger partial charge in [0.1, 0.15) is 0 Å². The van der Waals surface area contributed by atoms with E-state index in [9.17, 15) is 0 Å². The van der Waals surface area contributed by atoms with Gasteiger partial charge in [0, 0.05) is 41.3 Å². The molecule has 0 atom stereocenters. The van der Waals surface area contributed by atoms with E-state index in [1.165, 1.54) is 0 Å². The number of hydrogen-bond acceptors (Lipinski definition) is 7. The smallest absolute Gasteiger partial charge is 0.231 e. The van der Waals surface area contributed by atoms with Gasteiger partial charge in [-0.3, -0.25) is 0 Å².